The van der Waals surface area contributed by atoms with E-state index in [2.05, 4.69) is 13.3 Å². The Hall–Kier alpha value is 0. The van der Waals surface area contributed by atoms with Crippen LogP contribution in [0.1, 0.15) is 32.1 Å². The molecule has 0 amide bonds. The van der Waals surface area contributed by atoms with Crippen molar-refractivity contribution in [1.29, 1.82) is 0 Å². The Labute approximate surface area is 52.3 Å². The quantitative estimate of drug-likeness (QED) is 0.524. The molecule has 1 fully saturated rings. The fourth-order valence-corrected chi connectivity index (χ4v) is 1.03. The largest absolute Gasteiger partial charge is 0.0533 e. The predicted octanol–water partition coefficient (Wildman–Crippen LogP) is 2.61. The first-order chi connectivity index (χ1) is 3.93. The van der Waals surface area contributed by atoms with Gasteiger partial charge in [-0.05, 0) is 18.8 Å². The van der Waals surface area contributed by atoms with Crippen molar-refractivity contribution in [2.45, 2.75) is 32.1 Å². The van der Waals surface area contributed by atoms with Crippen LogP contribution in [0.2, 0.25) is 0 Å². The van der Waals surface area contributed by atoms with Gasteiger partial charge in [-0.2, -0.15) is 0 Å². The molecule has 0 spiro atoms. The monoisotopic (exact) mass is 110 g/mol. The molecule has 1 saturated carbocycles. The van der Waals surface area contributed by atoms with Crippen molar-refractivity contribution < 1.29 is 0 Å². The molecule has 0 aromatic carbocycles. The molecule has 0 unspecified atom stereocenters. The number of rotatable bonds is 3. The highest BCUT2D eigenvalue weighted by molar-refractivity contribution is 4.82. The lowest BCUT2D eigenvalue weighted by Crippen LogP contribution is -2.10. The molecular weight excluding hydrogens is 96.1 g/mol. The Morgan fingerprint density at radius 3 is 2.62 bits per heavy atom. The van der Waals surface area contributed by atoms with E-state index in [0.717, 1.165) is 12.3 Å². The summed E-state index contributed by atoms with van der Waals surface area (Å²) in [6, 6.07) is 0. The maximum Gasteiger partial charge on any atom is -0.0355 e. The third kappa shape index (κ3) is 1.50. The molecule has 0 heteroatoms. The molecule has 0 aliphatic heterocycles. The topological polar surface area (TPSA) is 0 Å². The molecular formula is C8H14. The van der Waals surface area contributed by atoms with Crippen LogP contribution in [0.3, 0.4) is 0 Å². The minimum Gasteiger partial charge on any atom is -0.0533 e. The first kappa shape index (κ1) is 6.12. The van der Waals surface area contributed by atoms with E-state index in [1.165, 1.54) is 25.7 Å². The molecule has 0 heterocycles. The predicted molar refractivity (Wildman–Crippen MR) is 36.2 cm³/mol. The van der Waals surface area contributed by atoms with E-state index in [4.69, 9.17) is 0 Å². The molecule has 0 saturated heterocycles. The Morgan fingerprint density at radius 2 is 2.25 bits per heavy atom. The maximum absolute atomic E-state index is 3.78. The summed E-state index contributed by atoms with van der Waals surface area (Å²) in [6.45, 7) is 3.78. The molecule has 1 aliphatic carbocycles. The average molecular weight is 110 g/mol. The highest BCUT2D eigenvalue weighted by Crippen LogP contribution is 2.29. The van der Waals surface area contributed by atoms with Gasteiger partial charge in [0.25, 0.3) is 0 Å². The van der Waals surface area contributed by atoms with Gasteiger partial charge in [-0.25, -0.2) is 0 Å². The van der Waals surface area contributed by atoms with E-state index in [1.807, 2.05) is 0 Å². The minimum atomic E-state index is 0.969. The third-order valence-corrected chi connectivity index (χ3v) is 1.85. The molecule has 1 aliphatic rings. The Balaban J connectivity index is 1.86. The summed E-state index contributed by atoms with van der Waals surface area (Å²) in [5.74, 6) is 0.969. The highest BCUT2D eigenvalue weighted by atomic mass is 14.2. The lowest BCUT2D eigenvalue weighted by molar-refractivity contribution is 0.354. The molecule has 1 rings (SSSR count). The fourth-order valence-electron chi connectivity index (χ4n) is 1.03. The van der Waals surface area contributed by atoms with Gasteiger partial charge < -0.3 is 0 Å². The number of hydrogen-bond acceptors (Lipinski definition) is 0. The van der Waals surface area contributed by atoms with Crippen LogP contribution in [0.5, 0.6) is 0 Å². The molecule has 8 heavy (non-hydrogen) atoms. The highest BCUT2D eigenvalue weighted by Gasteiger charge is 2.15. The van der Waals surface area contributed by atoms with Gasteiger partial charge in [0, 0.05) is 0 Å². The van der Waals surface area contributed by atoms with E-state index in [9.17, 15) is 0 Å². The SMILES string of the molecule is [CH2]CC[CH]C1CCC1. The summed E-state index contributed by atoms with van der Waals surface area (Å²) in [5.41, 5.74) is 0. The maximum atomic E-state index is 3.78. The van der Waals surface area contributed by atoms with Gasteiger partial charge in [-0.1, -0.05) is 32.6 Å². The van der Waals surface area contributed by atoms with Gasteiger partial charge in [0.15, 0.2) is 0 Å². The standard InChI is InChI=1S/C8H14/c1-2-3-5-8-6-4-7-8/h5,8H,1-4,6-7H2. The second-order valence-electron chi connectivity index (χ2n) is 2.57. The molecule has 2 radical (unpaired) electrons. The zero-order valence-electron chi connectivity index (χ0n) is 5.40. The van der Waals surface area contributed by atoms with E-state index < -0.39 is 0 Å². The van der Waals surface area contributed by atoms with Crippen LogP contribution in [0, 0.1) is 19.3 Å². The van der Waals surface area contributed by atoms with Crippen LogP contribution in [0.4, 0.5) is 0 Å². The van der Waals surface area contributed by atoms with Crippen LogP contribution >= 0.6 is 0 Å². The lowest BCUT2D eigenvalue weighted by atomic mass is 9.82. The van der Waals surface area contributed by atoms with Crippen LogP contribution in [0.25, 0.3) is 0 Å². The van der Waals surface area contributed by atoms with Crippen LogP contribution < -0.4 is 0 Å². The second kappa shape index (κ2) is 3.11. The Kier molecular flexibility index (Phi) is 2.38. The van der Waals surface area contributed by atoms with Crippen molar-refractivity contribution in [3.8, 4) is 0 Å². The Morgan fingerprint density at radius 1 is 1.50 bits per heavy atom. The van der Waals surface area contributed by atoms with E-state index >= 15 is 0 Å². The van der Waals surface area contributed by atoms with Crippen LogP contribution in [0.15, 0.2) is 0 Å². The Bertz CT molecular complexity index is 53.1. The number of hydrogen-bond donors (Lipinski definition) is 0. The van der Waals surface area contributed by atoms with E-state index in [1.54, 1.807) is 0 Å². The van der Waals surface area contributed by atoms with Crippen molar-refractivity contribution in [1.82, 2.24) is 0 Å². The molecule has 0 atom stereocenters. The van der Waals surface area contributed by atoms with Gasteiger partial charge in [0.2, 0.25) is 0 Å². The fraction of sp³-hybridized carbons (Fsp3) is 0.750. The zero-order valence-corrected chi connectivity index (χ0v) is 5.40. The molecule has 0 bridgehead atoms. The van der Waals surface area contributed by atoms with Crippen molar-refractivity contribution in [3.63, 3.8) is 0 Å². The average Bonchev–Trinajstić information content (AvgIpc) is 1.63. The molecule has 0 N–H and O–H groups in total. The van der Waals surface area contributed by atoms with Gasteiger partial charge in [0.1, 0.15) is 0 Å². The number of unbranched alkanes of at least 4 members (excludes halogenated alkanes) is 1. The normalized spacial score (nSPS) is 20.6. The summed E-state index contributed by atoms with van der Waals surface area (Å²) < 4.78 is 0. The summed E-state index contributed by atoms with van der Waals surface area (Å²) in [5, 5.41) is 0. The van der Waals surface area contributed by atoms with Crippen molar-refractivity contribution >= 4 is 0 Å². The molecule has 0 nitrogen and oxygen atoms in total. The van der Waals surface area contributed by atoms with Crippen molar-refractivity contribution in [2.75, 3.05) is 0 Å². The first-order valence-electron chi connectivity index (χ1n) is 3.56. The van der Waals surface area contributed by atoms with Gasteiger partial charge in [-0.3, -0.25) is 0 Å². The molecule has 0 aromatic heterocycles. The summed E-state index contributed by atoms with van der Waals surface area (Å²) in [4.78, 5) is 0. The second-order valence-corrected chi connectivity index (χ2v) is 2.57. The van der Waals surface area contributed by atoms with Crippen LogP contribution in [-0.2, 0) is 0 Å². The van der Waals surface area contributed by atoms with Gasteiger partial charge >= 0.3 is 0 Å². The summed E-state index contributed by atoms with van der Waals surface area (Å²) in [7, 11) is 0. The van der Waals surface area contributed by atoms with Crippen molar-refractivity contribution in [2.24, 2.45) is 5.92 Å². The smallest absolute Gasteiger partial charge is 0.0355 e. The van der Waals surface area contributed by atoms with Gasteiger partial charge in [-0.15, -0.1) is 0 Å². The third-order valence-electron chi connectivity index (χ3n) is 1.85. The lowest BCUT2D eigenvalue weighted by Gasteiger charge is -2.24. The summed E-state index contributed by atoms with van der Waals surface area (Å²) >= 11 is 0. The van der Waals surface area contributed by atoms with Crippen molar-refractivity contribution in [3.05, 3.63) is 13.3 Å². The molecule has 0 aromatic rings. The minimum absolute atomic E-state index is 0.969. The van der Waals surface area contributed by atoms with Crippen LogP contribution in [-0.4, -0.2) is 0 Å². The molecule has 46 valence electrons. The van der Waals surface area contributed by atoms with E-state index in [0.29, 0.717) is 0 Å². The zero-order chi connectivity index (χ0) is 5.82. The van der Waals surface area contributed by atoms with E-state index in [-0.39, 0.29) is 0 Å². The first-order valence-corrected chi connectivity index (χ1v) is 3.56. The van der Waals surface area contributed by atoms with Gasteiger partial charge in [0.05, 0.1) is 0 Å². The summed E-state index contributed by atoms with van der Waals surface area (Å²) in [6.07, 6.45) is 9.08.